The van der Waals surface area contributed by atoms with E-state index in [9.17, 15) is 18.5 Å². The number of benzene rings is 5. The average molecular weight is 894 g/mol. The van der Waals surface area contributed by atoms with Crippen molar-refractivity contribution in [2.24, 2.45) is 0 Å². The predicted octanol–water partition coefficient (Wildman–Crippen LogP) is 10.1. The highest BCUT2D eigenvalue weighted by atomic mass is 35.5. The Hall–Kier alpha value is -5.25. The fourth-order valence-electron chi connectivity index (χ4n) is 7.87. The number of piperazine rings is 1. The molecule has 0 amide bonds. The van der Waals surface area contributed by atoms with Gasteiger partial charge < -0.3 is 15.1 Å². The lowest BCUT2D eigenvalue weighted by Crippen LogP contribution is -2.46. The molecule has 12 nitrogen and oxygen atoms in total. The van der Waals surface area contributed by atoms with E-state index in [2.05, 4.69) is 85.0 Å². The molecule has 5 aromatic carbocycles. The predicted molar refractivity (Wildman–Crippen MR) is 254 cm³/mol. The number of nitro benzene ring substituents is 1. The average Bonchev–Trinajstić information content (AvgIpc) is 3.28. The fraction of sp³-hybridized carbons (Fsp3) is 0.319. The highest BCUT2D eigenvalue weighted by molar-refractivity contribution is 7.99. The molecule has 2 N–H and O–H groups in total. The second kappa shape index (κ2) is 21.2. The first-order valence-corrected chi connectivity index (χ1v) is 24.0. The number of anilines is 3. The molecule has 1 atom stereocenters. The monoisotopic (exact) mass is 892 g/mol. The molecule has 0 radical (unpaired) electrons. The van der Waals surface area contributed by atoms with E-state index in [1.165, 1.54) is 29.6 Å². The van der Waals surface area contributed by atoms with Crippen LogP contribution in [0.1, 0.15) is 38.7 Å². The van der Waals surface area contributed by atoms with Crippen LogP contribution < -0.4 is 14.9 Å². The molecule has 0 aliphatic carbocycles. The maximum atomic E-state index is 13.9. The normalized spacial score (nSPS) is 14.0. The Labute approximate surface area is 373 Å². The van der Waals surface area contributed by atoms with Crippen LogP contribution in [0.3, 0.4) is 0 Å². The van der Waals surface area contributed by atoms with Crippen LogP contribution in [0.4, 0.5) is 22.9 Å². The van der Waals surface area contributed by atoms with E-state index < -0.39 is 14.9 Å². The van der Waals surface area contributed by atoms with Crippen LogP contribution in [0.5, 0.6) is 0 Å². The topological polar surface area (TPSA) is 137 Å². The van der Waals surface area contributed by atoms with E-state index in [1.54, 1.807) is 11.8 Å². The molecule has 0 saturated carbocycles. The third kappa shape index (κ3) is 11.6. The minimum atomic E-state index is -4.28. The molecule has 62 heavy (non-hydrogen) atoms. The third-order valence-corrected chi connectivity index (χ3v) is 13.8. The number of fused-ring (bicyclic) bond motifs is 1. The molecule has 1 aliphatic rings. The number of nitrogens with one attached hydrogen (secondary N) is 2. The Balaban J connectivity index is 1.03. The fourth-order valence-corrected chi connectivity index (χ4v) is 10.0. The Morgan fingerprint density at radius 1 is 0.855 bits per heavy atom. The van der Waals surface area contributed by atoms with Crippen molar-refractivity contribution in [2.75, 3.05) is 66.5 Å². The number of thioether (sulfide) groups is 1. The summed E-state index contributed by atoms with van der Waals surface area (Å²) < 4.78 is 30.3. The van der Waals surface area contributed by atoms with E-state index in [4.69, 9.17) is 11.6 Å². The van der Waals surface area contributed by atoms with Gasteiger partial charge in [0.15, 0.2) is 5.82 Å². The zero-order valence-electron chi connectivity index (χ0n) is 35.1. The molecule has 0 bridgehead atoms. The molecular formula is C47H53ClN8O4S2. The summed E-state index contributed by atoms with van der Waals surface area (Å²) in [4.78, 5) is 28.7. The van der Waals surface area contributed by atoms with Crippen molar-refractivity contribution in [3.05, 3.63) is 142 Å². The SMILES string of the molecule is CCCN(CCC)CCC(CSc1ccccc1)Nc1ccc(S(=O)(=O)Nc2ncnc3cc(N4CCN(Cc5ccccc5-c5ccc(Cl)cc5)CC4)ccc23)cc1[N+](=O)[O-]. The smallest absolute Gasteiger partial charge is 0.293 e. The van der Waals surface area contributed by atoms with Gasteiger partial charge in [-0.05, 0) is 104 Å². The van der Waals surface area contributed by atoms with Crippen LogP contribution in [0.15, 0.2) is 131 Å². The quantitative estimate of drug-likeness (QED) is 0.0431. The van der Waals surface area contributed by atoms with Gasteiger partial charge in [0.1, 0.15) is 12.0 Å². The number of hydrogen-bond donors (Lipinski definition) is 2. The number of sulfonamides is 1. The first-order valence-electron chi connectivity index (χ1n) is 21.1. The summed E-state index contributed by atoms with van der Waals surface area (Å²) in [5.74, 6) is 0.770. The molecule has 2 heterocycles. The first-order chi connectivity index (χ1) is 30.1. The number of rotatable bonds is 20. The zero-order chi connectivity index (χ0) is 43.5. The van der Waals surface area contributed by atoms with Gasteiger partial charge in [0.25, 0.3) is 15.7 Å². The minimum Gasteiger partial charge on any atom is -0.376 e. The summed E-state index contributed by atoms with van der Waals surface area (Å²) in [5, 5.41) is 17.1. The molecule has 7 rings (SSSR count). The van der Waals surface area contributed by atoms with E-state index in [1.807, 2.05) is 60.7 Å². The molecule has 1 aliphatic heterocycles. The van der Waals surface area contributed by atoms with Crippen molar-refractivity contribution < 1.29 is 13.3 Å². The molecule has 1 saturated heterocycles. The summed E-state index contributed by atoms with van der Waals surface area (Å²) in [5.41, 5.74) is 5.12. The van der Waals surface area contributed by atoms with Gasteiger partial charge in [-0.15, -0.1) is 11.8 Å². The summed E-state index contributed by atoms with van der Waals surface area (Å²) in [7, 11) is -4.28. The van der Waals surface area contributed by atoms with Crippen LogP contribution in [0.25, 0.3) is 22.0 Å². The second-order valence-corrected chi connectivity index (χ2v) is 18.7. The number of nitro groups is 1. The molecular weight excluding hydrogens is 840 g/mol. The maximum Gasteiger partial charge on any atom is 0.293 e. The lowest BCUT2D eigenvalue weighted by Gasteiger charge is -2.36. The summed E-state index contributed by atoms with van der Waals surface area (Å²) >= 11 is 7.83. The Morgan fingerprint density at radius 2 is 1.58 bits per heavy atom. The van der Waals surface area contributed by atoms with Gasteiger partial charge in [-0.3, -0.25) is 19.7 Å². The van der Waals surface area contributed by atoms with Gasteiger partial charge in [-0.2, -0.15) is 0 Å². The number of hydrogen-bond acceptors (Lipinski definition) is 11. The number of halogens is 1. The van der Waals surface area contributed by atoms with Crippen LogP contribution in [-0.4, -0.2) is 90.7 Å². The van der Waals surface area contributed by atoms with Crippen molar-refractivity contribution in [3.8, 4) is 11.1 Å². The molecule has 0 spiro atoms. The lowest BCUT2D eigenvalue weighted by molar-refractivity contribution is -0.384. The van der Waals surface area contributed by atoms with Crippen molar-refractivity contribution in [3.63, 3.8) is 0 Å². The van der Waals surface area contributed by atoms with Crippen LogP contribution in [-0.2, 0) is 16.6 Å². The van der Waals surface area contributed by atoms with Gasteiger partial charge in [0, 0.05) is 78.1 Å². The standard InChI is InChI=1S/C47H53ClN8O4S2/c1-3-23-53(24-4-2)25-22-38(33-61-40-11-6-5-7-12-40)51-44-21-19-41(31-46(44)56(57)58)62(59,60)52-47-43-20-18-39(30-45(43)49-34-50-47)55-28-26-54(27-29-55)32-36-10-8-9-13-42(36)35-14-16-37(48)17-15-35/h5-21,30-31,34,38,51H,3-4,22-29,32-33H2,1-2H3,(H,49,50,52). The number of nitrogens with zero attached hydrogens (tertiary/aromatic N) is 6. The van der Waals surface area contributed by atoms with Gasteiger partial charge in [-0.25, -0.2) is 18.4 Å². The van der Waals surface area contributed by atoms with E-state index in [0.29, 0.717) is 21.7 Å². The second-order valence-electron chi connectivity index (χ2n) is 15.5. The van der Waals surface area contributed by atoms with Crippen LogP contribution >= 0.6 is 23.4 Å². The van der Waals surface area contributed by atoms with Gasteiger partial charge in [-0.1, -0.05) is 80.0 Å². The molecule has 1 aromatic heterocycles. The van der Waals surface area contributed by atoms with Gasteiger partial charge >= 0.3 is 0 Å². The van der Waals surface area contributed by atoms with Crippen molar-refractivity contribution in [1.82, 2.24) is 19.8 Å². The van der Waals surface area contributed by atoms with E-state index in [-0.39, 0.29) is 28.1 Å². The van der Waals surface area contributed by atoms with E-state index in [0.717, 1.165) is 93.8 Å². The Kier molecular flexibility index (Phi) is 15.3. The Bertz CT molecular complexity index is 2540. The maximum absolute atomic E-state index is 13.9. The van der Waals surface area contributed by atoms with Crippen molar-refractivity contribution in [2.45, 2.75) is 55.5 Å². The summed E-state index contributed by atoms with van der Waals surface area (Å²) in [6, 6.07) is 36.1. The summed E-state index contributed by atoms with van der Waals surface area (Å²) in [6.45, 7) is 11.3. The van der Waals surface area contributed by atoms with Crippen LogP contribution in [0, 0.1) is 10.1 Å². The zero-order valence-corrected chi connectivity index (χ0v) is 37.5. The highest BCUT2D eigenvalue weighted by Crippen LogP contribution is 2.33. The van der Waals surface area contributed by atoms with Crippen molar-refractivity contribution >= 4 is 67.2 Å². The molecule has 324 valence electrons. The lowest BCUT2D eigenvalue weighted by atomic mass is 9.99. The molecule has 1 unspecified atom stereocenters. The molecule has 6 aromatic rings. The number of aromatic nitrogens is 2. The van der Waals surface area contributed by atoms with Crippen LogP contribution in [0.2, 0.25) is 5.02 Å². The summed E-state index contributed by atoms with van der Waals surface area (Å²) in [6.07, 6.45) is 4.17. The largest absolute Gasteiger partial charge is 0.376 e. The molecule has 1 fully saturated rings. The van der Waals surface area contributed by atoms with Crippen molar-refractivity contribution in [1.29, 1.82) is 0 Å². The highest BCUT2D eigenvalue weighted by Gasteiger charge is 2.25. The first kappa shape index (κ1) is 44.8. The minimum absolute atomic E-state index is 0.0947. The Morgan fingerprint density at radius 3 is 2.31 bits per heavy atom. The van der Waals surface area contributed by atoms with Gasteiger partial charge in [0.05, 0.1) is 15.3 Å². The molecule has 15 heteroatoms. The van der Waals surface area contributed by atoms with Gasteiger partial charge in [0.2, 0.25) is 0 Å². The van der Waals surface area contributed by atoms with E-state index >= 15 is 0 Å². The third-order valence-electron chi connectivity index (χ3n) is 11.1.